The molecule has 1 aromatic carbocycles. The van der Waals surface area contributed by atoms with Gasteiger partial charge in [0.05, 0.1) is 5.39 Å². The molecule has 4 rings (SSSR count). The van der Waals surface area contributed by atoms with E-state index in [1.807, 2.05) is 42.5 Å². The summed E-state index contributed by atoms with van der Waals surface area (Å²) in [5.41, 5.74) is 1.89. The molecule has 0 aliphatic rings. The van der Waals surface area contributed by atoms with Crippen molar-refractivity contribution in [1.82, 2.24) is 9.97 Å². The average molecular weight is 520 g/mol. The number of hydrogen-bond acceptors (Lipinski definition) is 5. The van der Waals surface area contributed by atoms with Crippen molar-refractivity contribution in [3.8, 4) is 0 Å². The Labute approximate surface area is 195 Å². The van der Waals surface area contributed by atoms with Gasteiger partial charge in [-0.05, 0) is 24.3 Å². The van der Waals surface area contributed by atoms with Gasteiger partial charge in [-0.15, -0.1) is 11.3 Å². The van der Waals surface area contributed by atoms with Crippen LogP contribution in [0, 0.1) is 0 Å². The molecule has 0 radical (unpaired) electrons. The van der Waals surface area contributed by atoms with E-state index in [2.05, 4.69) is 16.0 Å². The van der Waals surface area contributed by atoms with Crippen LogP contribution in [0.15, 0.2) is 59.5 Å². The Morgan fingerprint density at radius 1 is 0.886 bits per heavy atom. The molecule has 0 amide bonds. The molecule has 0 spiro atoms. The van der Waals surface area contributed by atoms with Gasteiger partial charge in [0.25, 0.3) is 5.56 Å². The number of aromatic amines is 1. The minimum atomic E-state index is -5.08. The van der Waals surface area contributed by atoms with E-state index < -0.39 is 24.3 Å². The van der Waals surface area contributed by atoms with Crippen molar-refractivity contribution in [3.05, 3.63) is 75.7 Å². The Kier molecular flexibility index (Phi) is 8.57. The zero-order chi connectivity index (χ0) is 26.4. The standard InChI is InChI=1S/C17H12N2OS.2C2HF3O2/c20-17-14-10-12(9-11-5-3-4-8-18-11)21-16(14)13-6-1-2-7-15(13)19-17;2*3-2(4,5)1(6)7/h1-8,10H,9H2,(H,19,20);2*(H,6,7). The van der Waals surface area contributed by atoms with Crippen LogP contribution in [0.25, 0.3) is 21.0 Å². The van der Waals surface area contributed by atoms with Crippen LogP contribution in [0.1, 0.15) is 10.6 Å². The van der Waals surface area contributed by atoms with Crippen molar-refractivity contribution < 1.29 is 46.1 Å². The lowest BCUT2D eigenvalue weighted by Crippen LogP contribution is -2.21. The minimum Gasteiger partial charge on any atom is -0.475 e. The number of pyridine rings is 2. The van der Waals surface area contributed by atoms with Gasteiger partial charge in [-0.1, -0.05) is 24.3 Å². The van der Waals surface area contributed by atoms with E-state index in [-0.39, 0.29) is 5.56 Å². The van der Waals surface area contributed by atoms with Crippen LogP contribution in [0.5, 0.6) is 0 Å². The molecule has 3 aromatic heterocycles. The molecule has 0 unspecified atom stereocenters. The number of carbonyl (C=O) groups is 2. The summed E-state index contributed by atoms with van der Waals surface area (Å²) in [7, 11) is 0. The summed E-state index contributed by atoms with van der Waals surface area (Å²) in [5, 5.41) is 16.1. The second-order valence-corrected chi connectivity index (χ2v) is 7.70. The first-order valence-electron chi connectivity index (χ1n) is 9.23. The van der Waals surface area contributed by atoms with Gasteiger partial charge in [-0.3, -0.25) is 9.78 Å². The van der Waals surface area contributed by atoms with Crippen molar-refractivity contribution in [3.63, 3.8) is 0 Å². The highest BCUT2D eigenvalue weighted by Crippen LogP contribution is 2.30. The highest BCUT2D eigenvalue weighted by atomic mass is 32.1. The second-order valence-electron chi connectivity index (χ2n) is 6.56. The number of alkyl halides is 6. The fraction of sp³-hybridized carbons (Fsp3) is 0.143. The molecule has 0 atom stereocenters. The zero-order valence-electron chi connectivity index (χ0n) is 17.1. The molecule has 3 N–H and O–H groups in total. The molecule has 0 fully saturated rings. The lowest BCUT2D eigenvalue weighted by Gasteiger charge is -1.97. The largest absolute Gasteiger partial charge is 0.490 e. The third kappa shape index (κ3) is 7.81. The highest BCUT2D eigenvalue weighted by molar-refractivity contribution is 7.20. The number of aliphatic carboxylic acids is 2. The van der Waals surface area contributed by atoms with Crippen molar-refractivity contribution in [2.45, 2.75) is 18.8 Å². The number of hydrogen-bond donors (Lipinski definition) is 3. The summed E-state index contributed by atoms with van der Waals surface area (Å²) in [4.78, 5) is 38.4. The van der Waals surface area contributed by atoms with Gasteiger partial charge in [0, 0.05) is 38.8 Å². The number of aromatic nitrogens is 2. The van der Waals surface area contributed by atoms with Crippen LogP contribution in [0.4, 0.5) is 26.3 Å². The van der Waals surface area contributed by atoms with Crippen LogP contribution in [-0.2, 0) is 16.0 Å². The Morgan fingerprint density at radius 3 is 1.94 bits per heavy atom. The number of halogens is 6. The molecule has 7 nitrogen and oxygen atoms in total. The maximum atomic E-state index is 12.2. The molecule has 186 valence electrons. The van der Waals surface area contributed by atoms with Crippen LogP contribution >= 0.6 is 11.3 Å². The van der Waals surface area contributed by atoms with E-state index >= 15 is 0 Å². The first-order chi connectivity index (χ1) is 16.2. The minimum absolute atomic E-state index is 0.0211. The highest BCUT2D eigenvalue weighted by Gasteiger charge is 2.38. The molecule has 35 heavy (non-hydrogen) atoms. The second kappa shape index (κ2) is 11.0. The fourth-order valence-corrected chi connectivity index (χ4v) is 3.77. The molecule has 0 saturated heterocycles. The summed E-state index contributed by atoms with van der Waals surface area (Å²) in [6, 6.07) is 15.8. The van der Waals surface area contributed by atoms with Gasteiger partial charge in [0.1, 0.15) is 0 Å². The molecular weight excluding hydrogens is 506 g/mol. The zero-order valence-corrected chi connectivity index (χ0v) is 18.0. The van der Waals surface area contributed by atoms with Crippen LogP contribution in [0.2, 0.25) is 0 Å². The number of nitrogens with one attached hydrogen (secondary N) is 1. The molecule has 14 heteroatoms. The quantitative estimate of drug-likeness (QED) is 0.320. The summed E-state index contributed by atoms with van der Waals surface area (Å²) in [6.45, 7) is 0. The van der Waals surface area contributed by atoms with Crippen molar-refractivity contribution >= 4 is 44.3 Å². The van der Waals surface area contributed by atoms with Gasteiger partial charge in [-0.2, -0.15) is 26.3 Å². The van der Waals surface area contributed by atoms with E-state index in [4.69, 9.17) is 19.8 Å². The molecule has 4 aromatic rings. The number of carboxylic acid groups (broad SMARTS) is 2. The van der Waals surface area contributed by atoms with Crippen LogP contribution < -0.4 is 5.56 Å². The van der Waals surface area contributed by atoms with E-state index in [1.54, 1.807) is 17.5 Å². The van der Waals surface area contributed by atoms with Gasteiger partial charge >= 0.3 is 24.3 Å². The number of fused-ring (bicyclic) bond motifs is 3. The number of thiophene rings is 1. The lowest BCUT2D eigenvalue weighted by molar-refractivity contribution is -0.193. The number of rotatable bonds is 2. The van der Waals surface area contributed by atoms with Crippen LogP contribution in [0.3, 0.4) is 0 Å². The number of benzene rings is 1. The third-order valence-corrected chi connectivity index (χ3v) is 5.18. The van der Waals surface area contributed by atoms with E-state index in [1.165, 1.54) is 0 Å². The Bertz CT molecular complexity index is 1360. The lowest BCUT2D eigenvalue weighted by atomic mass is 10.1. The smallest absolute Gasteiger partial charge is 0.475 e. The summed E-state index contributed by atoms with van der Waals surface area (Å²) in [6.07, 6.45) is -7.61. The van der Waals surface area contributed by atoms with Gasteiger partial charge in [0.15, 0.2) is 0 Å². The first-order valence-corrected chi connectivity index (χ1v) is 10.1. The molecule has 0 saturated carbocycles. The predicted octanol–water partition coefficient (Wildman–Crippen LogP) is 5.00. The van der Waals surface area contributed by atoms with Gasteiger partial charge in [-0.25, -0.2) is 9.59 Å². The van der Waals surface area contributed by atoms with Gasteiger partial charge in [0.2, 0.25) is 0 Å². The number of nitrogens with zero attached hydrogens (tertiary/aromatic N) is 1. The van der Waals surface area contributed by atoms with E-state index in [0.717, 1.165) is 38.0 Å². The monoisotopic (exact) mass is 520 g/mol. The Balaban J connectivity index is 0.000000257. The fourth-order valence-electron chi connectivity index (χ4n) is 2.56. The van der Waals surface area contributed by atoms with E-state index in [0.29, 0.717) is 0 Å². The topological polar surface area (TPSA) is 120 Å². The molecule has 3 heterocycles. The number of carboxylic acids is 2. The van der Waals surface area contributed by atoms with Crippen molar-refractivity contribution in [1.29, 1.82) is 0 Å². The molecule has 0 aliphatic carbocycles. The van der Waals surface area contributed by atoms with Crippen LogP contribution in [-0.4, -0.2) is 44.5 Å². The molecule has 0 bridgehead atoms. The maximum absolute atomic E-state index is 12.2. The van der Waals surface area contributed by atoms with Crippen molar-refractivity contribution in [2.24, 2.45) is 0 Å². The summed E-state index contributed by atoms with van der Waals surface area (Å²) in [5.74, 6) is -5.51. The maximum Gasteiger partial charge on any atom is 0.490 e. The number of para-hydroxylation sites is 1. The molecule has 0 aliphatic heterocycles. The average Bonchev–Trinajstić information content (AvgIpc) is 3.19. The summed E-state index contributed by atoms with van der Waals surface area (Å²) >= 11 is 1.68. The molecular formula is C21H14F6N2O5S. The van der Waals surface area contributed by atoms with E-state index in [9.17, 15) is 31.1 Å². The summed E-state index contributed by atoms with van der Waals surface area (Å²) < 4.78 is 64.5. The SMILES string of the molecule is O=C(O)C(F)(F)F.O=C(O)C(F)(F)F.O=c1[nH]c2ccccc2c2sc(Cc3ccccn3)cc12. The third-order valence-electron chi connectivity index (χ3n) is 4.01. The Hall–Kier alpha value is -3.94. The Morgan fingerprint density at radius 2 is 1.43 bits per heavy atom. The number of H-pyrrole nitrogens is 1. The predicted molar refractivity (Wildman–Crippen MR) is 114 cm³/mol. The normalized spacial score (nSPS) is 11.3. The van der Waals surface area contributed by atoms with Gasteiger partial charge < -0.3 is 15.2 Å². The van der Waals surface area contributed by atoms with Crippen molar-refractivity contribution in [2.75, 3.05) is 0 Å². The first kappa shape index (κ1) is 27.3.